The molecule has 7 rings (SSSR count). The zero-order chi connectivity index (χ0) is 19.0. The quantitative estimate of drug-likeness (QED) is 0.788. The molecule has 1 aromatic heterocycles. The van der Waals surface area contributed by atoms with Gasteiger partial charge in [0.25, 0.3) is 5.91 Å². The van der Waals surface area contributed by atoms with Crippen LogP contribution in [0.25, 0.3) is 10.9 Å². The average Bonchev–Trinajstić information content (AvgIpc) is 3.05. The van der Waals surface area contributed by atoms with Crippen LogP contribution < -0.4 is 10.1 Å². The van der Waals surface area contributed by atoms with Gasteiger partial charge in [0.2, 0.25) is 0 Å². The molecule has 4 saturated carbocycles. The summed E-state index contributed by atoms with van der Waals surface area (Å²) in [7, 11) is 0. The minimum Gasteiger partial charge on any atom is -0.490 e. The maximum Gasteiger partial charge on any atom is 0.268 e. The van der Waals surface area contributed by atoms with Crippen molar-refractivity contribution in [1.29, 1.82) is 0 Å². The third kappa shape index (κ3) is 2.39. The van der Waals surface area contributed by atoms with E-state index < -0.39 is 0 Å². The highest BCUT2D eigenvalue weighted by molar-refractivity contribution is 6.36. The van der Waals surface area contributed by atoms with Crippen LogP contribution in [-0.2, 0) is 6.54 Å². The number of aromatic nitrogens is 1. The molecule has 28 heavy (non-hydrogen) atoms. The Bertz CT molecular complexity index is 943. The molecule has 0 unspecified atom stereocenters. The second-order valence-electron chi connectivity index (χ2n) is 9.81. The van der Waals surface area contributed by atoms with E-state index in [4.69, 9.17) is 16.3 Å². The van der Waals surface area contributed by atoms with Crippen molar-refractivity contribution in [2.24, 2.45) is 23.2 Å². The molecule has 4 aliphatic carbocycles. The molecular formula is C23H27ClN2O2. The smallest absolute Gasteiger partial charge is 0.268 e. The number of benzene rings is 1. The van der Waals surface area contributed by atoms with Crippen LogP contribution in [0.15, 0.2) is 18.2 Å². The highest BCUT2D eigenvalue weighted by Crippen LogP contribution is 2.61. The molecule has 1 amide bonds. The molecule has 0 radical (unpaired) electrons. The molecule has 1 atom stereocenters. The van der Waals surface area contributed by atoms with E-state index in [0.29, 0.717) is 29.3 Å². The Morgan fingerprint density at radius 1 is 1.21 bits per heavy atom. The molecule has 2 aromatic rings. The topological polar surface area (TPSA) is 43.3 Å². The molecule has 5 heteroatoms. The lowest BCUT2D eigenvalue weighted by atomic mass is 9.48. The summed E-state index contributed by atoms with van der Waals surface area (Å²) in [5.74, 6) is 3.52. The number of nitrogens with one attached hydrogen (secondary N) is 1. The van der Waals surface area contributed by atoms with Gasteiger partial charge in [0.05, 0.1) is 17.1 Å². The van der Waals surface area contributed by atoms with Gasteiger partial charge in [-0.25, -0.2) is 0 Å². The first-order valence-electron chi connectivity index (χ1n) is 10.8. The molecule has 4 nitrogen and oxygen atoms in total. The summed E-state index contributed by atoms with van der Waals surface area (Å²) in [5.41, 5.74) is 1.97. The fourth-order valence-electron chi connectivity index (χ4n) is 7.23. The van der Waals surface area contributed by atoms with Crippen molar-refractivity contribution in [2.75, 3.05) is 6.61 Å². The average molecular weight is 399 g/mol. The second kappa shape index (κ2) is 5.91. The van der Waals surface area contributed by atoms with Gasteiger partial charge >= 0.3 is 0 Å². The van der Waals surface area contributed by atoms with Crippen LogP contribution in [0.3, 0.4) is 0 Å². The number of hydrogen-bond donors (Lipinski definition) is 1. The molecule has 1 aliphatic heterocycles. The summed E-state index contributed by atoms with van der Waals surface area (Å²) in [6.45, 7) is 3.51. The van der Waals surface area contributed by atoms with Crippen LogP contribution >= 0.6 is 11.6 Å². The Hall–Kier alpha value is -1.68. The summed E-state index contributed by atoms with van der Waals surface area (Å²) < 4.78 is 7.86. The summed E-state index contributed by atoms with van der Waals surface area (Å²) in [4.78, 5) is 13.3. The molecule has 4 bridgehead atoms. The number of amides is 1. The van der Waals surface area contributed by atoms with E-state index in [1.54, 1.807) is 0 Å². The highest BCUT2D eigenvalue weighted by atomic mass is 35.5. The summed E-state index contributed by atoms with van der Waals surface area (Å²) >= 11 is 6.42. The number of carbonyl (C=O) groups is 1. The molecule has 1 aromatic carbocycles. The van der Waals surface area contributed by atoms with Crippen LogP contribution in [0.2, 0.25) is 5.02 Å². The molecular weight excluding hydrogens is 372 g/mol. The number of hydrogen-bond acceptors (Lipinski definition) is 2. The van der Waals surface area contributed by atoms with Gasteiger partial charge in [-0.2, -0.15) is 0 Å². The Morgan fingerprint density at radius 2 is 1.89 bits per heavy atom. The van der Waals surface area contributed by atoms with E-state index in [1.807, 2.05) is 18.2 Å². The number of nitrogens with zero attached hydrogens (tertiary/aromatic N) is 1. The first-order valence-corrected chi connectivity index (χ1v) is 11.2. The van der Waals surface area contributed by atoms with Crippen molar-refractivity contribution in [3.05, 3.63) is 28.9 Å². The fourth-order valence-corrected chi connectivity index (χ4v) is 7.44. The molecule has 4 fully saturated rings. The monoisotopic (exact) mass is 398 g/mol. The van der Waals surface area contributed by atoms with Crippen molar-refractivity contribution in [2.45, 2.75) is 58.0 Å². The van der Waals surface area contributed by atoms with E-state index >= 15 is 0 Å². The minimum atomic E-state index is 0.0309. The minimum absolute atomic E-state index is 0.0309. The third-order valence-electron chi connectivity index (χ3n) is 8.13. The van der Waals surface area contributed by atoms with Crippen molar-refractivity contribution in [1.82, 2.24) is 9.88 Å². The van der Waals surface area contributed by atoms with Gasteiger partial charge in [0.1, 0.15) is 18.1 Å². The maximum atomic E-state index is 13.3. The predicted octanol–water partition coefficient (Wildman–Crippen LogP) is 5.02. The van der Waals surface area contributed by atoms with Gasteiger partial charge in [0.15, 0.2) is 0 Å². The molecule has 148 valence electrons. The van der Waals surface area contributed by atoms with Crippen LogP contribution in [0, 0.1) is 23.2 Å². The van der Waals surface area contributed by atoms with Gasteiger partial charge in [0, 0.05) is 11.4 Å². The summed E-state index contributed by atoms with van der Waals surface area (Å²) in [5, 5.41) is 4.99. The Balaban J connectivity index is 1.31. The number of halogens is 1. The Morgan fingerprint density at radius 3 is 2.57 bits per heavy atom. The standard InChI is InChI=1S/C23H27ClN2O2/c1-13(23-10-14-6-15(11-23)8-16(7-14)12-23)25-22(27)19-9-17-18(24)2-3-20-21(17)26(19)4-5-28-20/h2-3,9,13-16H,4-8,10-12H2,1H3,(H,25,27)/t13-,14?,15?,16?,23?/m1/s1. The third-order valence-corrected chi connectivity index (χ3v) is 8.46. The lowest BCUT2D eigenvalue weighted by Crippen LogP contribution is -2.56. The normalized spacial score (nSPS) is 33.7. The maximum absolute atomic E-state index is 13.3. The van der Waals surface area contributed by atoms with Gasteiger partial charge < -0.3 is 14.6 Å². The first-order chi connectivity index (χ1) is 13.5. The number of carbonyl (C=O) groups excluding carboxylic acids is 1. The summed E-state index contributed by atoms with van der Waals surface area (Å²) in [6.07, 6.45) is 8.17. The SMILES string of the molecule is C[C@@H](NC(=O)c1cc2c(Cl)ccc3c2n1CCO3)C12CC3CC(CC(C3)C1)C2. The van der Waals surface area contributed by atoms with Crippen LogP contribution in [0.1, 0.15) is 55.9 Å². The zero-order valence-corrected chi connectivity index (χ0v) is 17.1. The van der Waals surface area contributed by atoms with Crippen LogP contribution in [0.4, 0.5) is 0 Å². The predicted molar refractivity (Wildman–Crippen MR) is 110 cm³/mol. The van der Waals surface area contributed by atoms with Gasteiger partial charge in [-0.15, -0.1) is 0 Å². The molecule has 5 aliphatic rings. The van der Waals surface area contributed by atoms with Crippen molar-refractivity contribution < 1.29 is 9.53 Å². The molecule has 0 saturated heterocycles. The van der Waals surface area contributed by atoms with Crippen molar-refractivity contribution in [3.63, 3.8) is 0 Å². The second-order valence-corrected chi connectivity index (χ2v) is 10.2. The zero-order valence-electron chi connectivity index (χ0n) is 16.3. The van der Waals surface area contributed by atoms with Gasteiger partial charge in [-0.1, -0.05) is 11.6 Å². The highest BCUT2D eigenvalue weighted by Gasteiger charge is 2.53. The van der Waals surface area contributed by atoms with E-state index in [9.17, 15) is 4.79 Å². The molecule has 2 heterocycles. The van der Waals surface area contributed by atoms with E-state index in [0.717, 1.165) is 34.4 Å². The lowest BCUT2D eigenvalue weighted by Gasteiger charge is -2.59. The first kappa shape index (κ1) is 17.2. The van der Waals surface area contributed by atoms with Crippen LogP contribution in [-0.4, -0.2) is 23.1 Å². The Kier molecular flexibility index (Phi) is 3.63. The van der Waals surface area contributed by atoms with E-state index in [1.165, 1.54) is 38.5 Å². The van der Waals surface area contributed by atoms with Gasteiger partial charge in [-0.05, 0) is 86.8 Å². The van der Waals surface area contributed by atoms with Crippen molar-refractivity contribution >= 4 is 28.4 Å². The number of rotatable bonds is 3. The van der Waals surface area contributed by atoms with Gasteiger partial charge in [-0.3, -0.25) is 4.79 Å². The van der Waals surface area contributed by atoms with E-state index in [-0.39, 0.29) is 11.9 Å². The largest absolute Gasteiger partial charge is 0.490 e. The molecule has 1 N–H and O–H groups in total. The summed E-state index contributed by atoms with van der Waals surface area (Å²) in [6, 6.07) is 5.92. The van der Waals surface area contributed by atoms with E-state index in [2.05, 4.69) is 16.8 Å². The lowest BCUT2D eigenvalue weighted by molar-refractivity contribution is -0.0688. The van der Waals surface area contributed by atoms with Crippen molar-refractivity contribution in [3.8, 4) is 5.75 Å². The number of ether oxygens (including phenoxy) is 1. The fraction of sp³-hybridized carbons (Fsp3) is 0.609. The van der Waals surface area contributed by atoms with Crippen LogP contribution in [0.5, 0.6) is 5.75 Å². The molecule has 0 spiro atoms. The Labute approximate surface area is 170 Å².